The number of nitrogens with zero attached hydrogens (tertiary/aromatic N) is 2. The first-order valence-electron chi connectivity index (χ1n) is 10.3. The first-order chi connectivity index (χ1) is 14.0. The van der Waals surface area contributed by atoms with E-state index in [9.17, 15) is 9.59 Å². The molecular formula is C22H28N2O5. The number of carbonyl (C=O) groups is 2. The maximum atomic E-state index is 13.5. The predicted molar refractivity (Wildman–Crippen MR) is 107 cm³/mol. The molecule has 0 saturated carbocycles. The van der Waals surface area contributed by atoms with E-state index in [-0.39, 0.29) is 36.7 Å². The van der Waals surface area contributed by atoms with E-state index < -0.39 is 0 Å². The average Bonchev–Trinajstić information content (AvgIpc) is 3.29. The summed E-state index contributed by atoms with van der Waals surface area (Å²) in [6.45, 7) is 6.05. The van der Waals surface area contributed by atoms with Gasteiger partial charge in [0.25, 0.3) is 11.8 Å². The van der Waals surface area contributed by atoms with E-state index in [0.717, 1.165) is 12.8 Å². The molecule has 4 rings (SSSR count). The van der Waals surface area contributed by atoms with Crippen LogP contribution in [0.4, 0.5) is 0 Å². The minimum atomic E-state index is -0.281. The lowest BCUT2D eigenvalue weighted by Gasteiger charge is -2.37. The van der Waals surface area contributed by atoms with Gasteiger partial charge in [0.2, 0.25) is 0 Å². The monoisotopic (exact) mass is 400 g/mol. The van der Waals surface area contributed by atoms with Crippen LogP contribution in [0.3, 0.4) is 0 Å². The number of imide groups is 1. The molecule has 0 aromatic heterocycles. The predicted octanol–water partition coefficient (Wildman–Crippen LogP) is 2.06. The molecule has 3 aliphatic heterocycles. The highest BCUT2D eigenvalue weighted by atomic mass is 16.5. The number of methoxy groups -OCH3 is 1. The Bertz CT molecular complexity index is 820. The van der Waals surface area contributed by atoms with Crippen LogP contribution >= 0.6 is 0 Å². The average molecular weight is 400 g/mol. The van der Waals surface area contributed by atoms with Gasteiger partial charge in [0.15, 0.2) is 0 Å². The Morgan fingerprint density at radius 1 is 1.10 bits per heavy atom. The van der Waals surface area contributed by atoms with Gasteiger partial charge < -0.3 is 19.1 Å². The van der Waals surface area contributed by atoms with Crippen LogP contribution in [0.25, 0.3) is 5.57 Å². The highest BCUT2D eigenvalue weighted by Crippen LogP contribution is 2.37. The molecule has 3 atom stereocenters. The van der Waals surface area contributed by atoms with Crippen LogP contribution in [0.2, 0.25) is 0 Å². The summed E-state index contributed by atoms with van der Waals surface area (Å²) in [6, 6.07) is 7.35. The smallest absolute Gasteiger partial charge is 0.277 e. The summed E-state index contributed by atoms with van der Waals surface area (Å²) < 4.78 is 17.0. The standard InChI is InChI=1S/C22H28N2O5/c1-14-11-23(12-15(2)29-14)20-19(17-8-4-5-9-18(17)27-3)21(25)24(22(20)26)13-16-7-6-10-28-16/h4-5,8-9,14-16H,6-7,10-13H2,1-3H3. The maximum absolute atomic E-state index is 13.5. The van der Waals surface area contributed by atoms with Gasteiger partial charge in [-0.05, 0) is 32.8 Å². The summed E-state index contributed by atoms with van der Waals surface area (Å²) in [7, 11) is 1.57. The summed E-state index contributed by atoms with van der Waals surface area (Å²) in [6.07, 6.45) is 1.67. The van der Waals surface area contributed by atoms with Crippen LogP contribution in [0, 0.1) is 0 Å². The van der Waals surface area contributed by atoms with E-state index in [1.807, 2.05) is 43.0 Å². The first-order valence-corrected chi connectivity index (χ1v) is 10.3. The summed E-state index contributed by atoms with van der Waals surface area (Å²) >= 11 is 0. The fraction of sp³-hybridized carbons (Fsp3) is 0.545. The largest absolute Gasteiger partial charge is 0.496 e. The highest BCUT2D eigenvalue weighted by Gasteiger charge is 2.44. The molecule has 3 aliphatic rings. The molecule has 2 saturated heterocycles. The van der Waals surface area contributed by atoms with Crippen molar-refractivity contribution in [3.8, 4) is 5.75 Å². The minimum absolute atomic E-state index is 0.0275. The van der Waals surface area contributed by atoms with Crippen LogP contribution < -0.4 is 4.74 Å². The minimum Gasteiger partial charge on any atom is -0.496 e. The van der Waals surface area contributed by atoms with E-state index in [2.05, 4.69) is 0 Å². The third-order valence-electron chi connectivity index (χ3n) is 5.67. The molecule has 2 fully saturated rings. The van der Waals surface area contributed by atoms with Crippen LogP contribution in [0.5, 0.6) is 5.75 Å². The van der Waals surface area contributed by atoms with Gasteiger partial charge in [-0.2, -0.15) is 0 Å². The first kappa shape index (κ1) is 19.9. The van der Waals surface area contributed by atoms with Gasteiger partial charge in [-0.15, -0.1) is 0 Å². The normalized spacial score (nSPS) is 27.9. The van der Waals surface area contributed by atoms with Crippen molar-refractivity contribution >= 4 is 17.4 Å². The van der Waals surface area contributed by atoms with Gasteiger partial charge in [0.05, 0.1) is 37.5 Å². The maximum Gasteiger partial charge on any atom is 0.277 e. The van der Waals surface area contributed by atoms with Crippen molar-refractivity contribution in [2.75, 3.05) is 33.4 Å². The summed E-state index contributed by atoms with van der Waals surface area (Å²) in [5.41, 5.74) is 1.50. The number of morpholine rings is 1. The Morgan fingerprint density at radius 2 is 1.83 bits per heavy atom. The molecule has 2 amide bonds. The van der Waals surface area contributed by atoms with Crippen molar-refractivity contribution in [2.45, 2.75) is 45.0 Å². The highest BCUT2D eigenvalue weighted by molar-refractivity contribution is 6.36. The fourth-order valence-electron chi connectivity index (χ4n) is 4.47. The number of ether oxygens (including phenoxy) is 3. The Kier molecular flexibility index (Phi) is 5.61. The molecule has 0 radical (unpaired) electrons. The lowest BCUT2D eigenvalue weighted by atomic mass is 10.0. The van der Waals surface area contributed by atoms with Gasteiger partial charge in [0, 0.05) is 25.3 Å². The molecule has 3 unspecified atom stereocenters. The van der Waals surface area contributed by atoms with Crippen molar-refractivity contribution in [2.24, 2.45) is 0 Å². The molecule has 7 heteroatoms. The number of carbonyl (C=O) groups excluding carboxylic acids is 2. The molecule has 1 aromatic carbocycles. The second kappa shape index (κ2) is 8.16. The Balaban J connectivity index is 1.76. The number of para-hydroxylation sites is 1. The number of rotatable bonds is 5. The second-order valence-electron chi connectivity index (χ2n) is 7.94. The SMILES string of the molecule is COc1ccccc1C1=C(N2CC(C)OC(C)C2)C(=O)N(CC2CCCO2)C1=O. The molecule has 0 spiro atoms. The summed E-state index contributed by atoms with van der Waals surface area (Å²) in [5, 5.41) is 0. The second-order valence-corrected chi connectivity index (χ2v) is 7.94. The van der Waals surface area contributed by atoms with Gasteiger partial charge >= 0.3 is 0 Å². The Hall–Kier alpha value is -2.38. The van der Waals surface area contributed by atoms with Crippen LogP contribution in [-0.2, 0) is 19.1 Å². The van der Waals surface area contributed by atoms with Gasteiger partial charge in [-0.3, -0.25) is 14.5 Å². The molecule has 0 bridgehead atoms. The van der Waals surface area contributed by atoms with E-state index in [1.54, 1.807) is 7.11 Å². The van der Waals surface area contributed by atoms with Crippen LogP contribution in [-0.4, -0.2) is 73.3 Å². The van der Waals surface area contributed by atoms with Gasteiger partial charge in [-0.1, -0.05) is 18.2 Å². The fourth-order valence-corrected chi connectivity index (χ4v) is 4.47. The third kappa shape index (κ3) is 3.76. The van der Waals surface area contributed by atoms with E-state index in [1.165, 1.54) is 4.90 Å². The summed E-state index contributed by atoms with van der Waals surface area (Å²) in [4.78, 5) is 30.3. The molecule has 3 heterocycles. The van der Waals surface area contributed by atoms with Crippen molar-refractivity contribution in [3.05, 3.63) is 35.5 Å². The topological polar surface area (TPSA) is 68.3 Å². The number of hydrogen-bond acceptors (Lipinski definition) is 6. The zero-order valence-corrected chi connectivity index (χ0v) is 17.2. The van der Waals surface area contributed by atoms with Crippen LogP contribution in [0.15, 0.2) is 30.0 Å². The van der Waals surface area contributed by atoms with E-state index in [4.69, 9.17) is 14.2 Å². The van der Waals surface area contributed by atoms with E-state index >= 15 is 0 Å². The zero-order valence-electron chi connectivity index (χ0n) is 17.2. The van der Waals surface area contributed by atoms with Crippen LogP contribution in [0.1, 0.15) is 32.3 Å². The Labute approximate surface area is 171 Å². The number of hydrogen-bond donors (Lipinski definition) is 0. The van der Waals surface area contributed by atoms with Crippen molar-refractivity contribution < 1.29 is 23.8 Å². The van der Waals surface area contributed by atoms with E-state index in [0.29, 0.717) is 42.3 Å². The molecule has 1 aromatic rings. The summed E-state index contributed by atoms with van der Waals surface area (Å²) in [5.74, 6) is 0.0407. The van der Waals surface area contributed by atoms with Crippen molar-refractivity contribution in [3.63, 3.8) is 0 Å². The molecule has 7 nitrogen and oxygen atoms in total. The third-order valence-corrected chi connectivity index (χ3v) is 5.67. The molecule has 156 valence electrons. The number of benzene rings is 1. The van der Waals surface area contributed by atoms with Crippen molar-refractivity contribution in [1.82, 2.24) is 9.80 Å². The number of amides is 2. The zero-order chi connectivity index (χ0) is 20.5. The molecule has 0 aliphatic carbocycles. The lowest BCUT2D eigenvalue weighted by molar-refractivity contribution is -0.140. The lowest BCUT2D eigenvalue weighted by Crippen LogP contribution is -2.47. The van der Waals surface area contributed by atoms with Gasteiger partial charge in [0.1, 0.15) is 11.4 Å². The van der Waals surface area contributed by atoms with Crippen molar-refractivity contribution in [1.29, 1.82) is 0 Å². The molecule has 29 heavy (non-hydrogen) atoms. The molecule has 0 N–H and O–H groups in total. The molecular weight excluding hydrogens is 372 g/mol. The Morgan fingerprint density at radius 3 is 2.48 bits per heavy atom. The van der Waals surface area contributed by atoms with Gasteiger partial charge in [-0.25, -0.2) is 0 Å². The quantitative estimate of drug-likeness (QED) is 0.705.